The molecule has 0 spiro atoms. The molecule has 3 atom stereocenters. The highest BCUT2D eigenvalue weighted by Crippen LogP contribution is 2.43. The van der Waals surface area contributed by atoms with Crippen molar-refractivity contribution in [2.75, 3.05) is 56.7 Å². The van der Waals surface area contributed by atoms with Crippen LogP contribution in [0.2, 0.25) is 0 Å². The predicted molar refractivity (Wildman–Crippen MR) is 168 cm³/mol. The van der Waals surface area contributed by atoms with Gasteiger partial charge in [0.25, 0.3) is 5.91 Å². The average Bonchev–Trinajstić information content (AvgIpc) is 2.97. The molecular formula is C33H46F2N6O2. The SMILES string of the molecule is CNC(NC(=O)c1ccc(N2CCNCC2)cc1NC1CCOCC1)C1=C(N)CC(C)C(CC2(C)C=C(F)C=C(F)C2)=C1. The van der Waals surface area contributed by atoms with E-state index in [1.807, 2.05) is 25.1 Å². The Morgan fingerprint density at radius 2 is 1.95 bits per heavy atom. The van der Waals surface area contributed by atoms with Crippen LogP contribution >= 0.6 is 0 Å². The van der Waals surface area contributed by atoms with Crippen molar-refractivity contribution in [3.63, 3.8) is 0 Å². The molecule has 2 aliphatic heterocycles. The second-order valence-corrected chi connectivity index (χ2v) is 12.6. The second kappa shape index (κ2) is 13.6. The Morgan fingerprint density at radius 1 is 1.21 bits per heavy atom. The van der Waals surface area contributed by atoms with E-state index in [9.17, 15) is 13.6 Å². The Morgan fingerprint density at radius 3 is 2.65 bits per heavy atom. The van der Waals surface area contributed by atoms with Gasteiger partial charge in [-0.2, -0.15) is 0 Å². The molecule has 0 bridgehead atoms. The monoisotopic (exact) mass is 596 g/mol. The average molecular weight is 597 g/mol. The highest BCUT2D eigenvalue weighted by molar-refractivity contribution is 6.00. The topological polar surface area (TPSA) is 104 Å². The number of carbonyl (C=O) groups is 1. The molecule has 5 rings (SSSR count). The van der Waals surface area contributed by atoms with Crippen molar-refractivity contribution in [1.29, 1.82) is 0 Å². The number of anilines is 2. The van der Waals surface area contributed by atoms with Crippen molar-refractivity contribution < 1.29 is 18.3 Å². The van der Waals surface area contributed by atoms with Gasteiger partial charge in [-0.15, -0.1) is 0 Å². The zero-order valence-corrected chi connectivity index (χ0v) is 25.6. The third kappa shape index (κ3) is 7.66. The van der Waals surface area contributed by atoms with Crippen molar-refractivity contribution in [3.05, 3.63) is 70.5 Å². The summed E-state index contributed by atoms with van der Waals surface area (Å²) >= 11 is 0. The Labute approximate surface area is 253 Å². The van der Waals surface area contributed by atoms with Crippen LogP contribution in [0.3, 0.4) is 0 Å². The molecule has 1 aromatic rings. The fourth-order valence-corrected chi connectivity index (χ4v) is 6.64. The van der Waals surface area contributed by atoms with Crippen LogP contribution in [-0.2, 0) is 4.74 Å². The Hall–Kier alpha value is -3.21. The van der Waals surface area contributed by atoms with Crippen LogP contribution in [0.1, 0.15) is 56.3 Å². The molecule has 234 valence electrons. The van der Waals surface area contributed by atoms with Gasteiger partial charge in [0, 0.05) is 80.6 Å². The number of hydrogen-bond acceptors (Lipinski definition) is 7. The minimum Gasteiger partial charge on any atom is -0.402 e. The van der Waals surface area contributed by atoms with Crippen LogP contribution in [0.4, 0.5) is 20.2 Å². The Bertz CT molecular complexity index is 1310. The molecule has 0 radical (unpaired) electrons. The van der Waals surface area contributed by atoms with E-state index >= 15 is 0 Å². The summed E-state index contributed by atoms with van der Waals surface area (Å²) in [7, 11) is 1.78. The fraction of sp³-hybridized carbons (Fsp3) is 0.545. The lowest BCUT2D eigenvalue weighted by Crippen LogP contribution is -2.46. The number of rotatable bonds is 9. The van der Waals surface area contributed by atoms with Crippen LogP contribution in [0.5, 0.6) is 0 Å². The number of ether oxygens (including phenoxy) is 1. The molecule has 10 heteroatoms. The van der Waals surface area contributed by atoms with E-state index in [-0.39, 0.29) is 24.3 Å². The molecule has 2 heterocycles. The normalized spacial score (nSPS) is 25.9. The van der Waals surface area contributed by atoms with Gasteiger partial charge in [0.2, 0.25) is 0 Å². The summed E-state index contributed by atoms with van der Waals surface area (Å²) < 4.78 is 33.9. The van der Waals surface area contributed by atoms with Gasteiger partial charge >= 0.3 is 0 Å². The van der Waals surface area contributed by atoms with Crippen LogP contribution in [0.15, 0.2) is 64.9 Å². The summed E-state index contributed by atoms with van der Waals surface area (Å²) in [6.45, 7) is 9.03. The number of allylic oxidation sites excluding steroid dienone is 6. The smallest absolute Gasteiger partial charge is 0.254 e. The van der Waals surface area contributed by atoms with E-state index in [4.69, 9.17) is 10.5 Å². The highest BCUT2D eigenvalue weighted by Gasteiger charge is 2.33. The molecular weight excluding hydrogens is 550 g/mol. The van der Waals surface area contributed by atoms with Gasteiger partial charge in [0.15, 0.2) is 0 Å². The number of benzene rings is 1. The number of carbonyl (C=O) groups excluding carboxylic acids is 1. The van der Waals surface area contributed by atoms with E-state index in [1.54, 1.807) is 7.05 Å². The van der Waals surface area contributed by atoms with Gasteiger partial charge in [0.05, 0.1) is 5.56 Å². The van der Waals surface area contributed by atoms with E-state index in [0.717, 1.165) is 67.6 Å². The maximum Gasteiger partial charge on any atom is 0.254 e. The maximum absolute atomic E-state index is 14.2. The molecule has 6 N–H and O–H groups in total. The lowest BCUT2D eigenvalue weighted by molar-refractivity contribution is 0.0903. The Balaban J connectivity index is 1.37. The predicted octanol–water partition coefficient (Wildman–Crippen LogP) is 4.65. The van der Waals surface area contributed by atoms with Gasteiger partial charge in [-0.3, -0.25) is 10.1 Å². The molecule has 0 aromatic heterocycles. The van der Waals surface area contributed by atoms with Crippen LogP contribution in [0, 0.1) is 11.3 Å². The molecule has 4 aliphatic rings. The molecule has 43 heavy (non-hydrogen) atoms. The zero-order chi connectivity index (χ0) is 30.6. The third-order valence-electron chi connectivity index (χ3n) is 9.02. The number of halogens is 2. The fourth-order valence-electron chi connectivity index (χ4n) is 6.64. The van der Waals surface area contributed by atoms with E-state index in [1.165, 1.54) is 6.08 Å². The number of likely N-dealkylation sites (N-methyl/N-ethyl adjacent to an activating group) is 1. The summed E-state index contributed by atoms with van der Waals surface area (Å²) in [5, 5.41) is 13.4. The van der Waals surface area contributed by atoms with Gasteiger partial charge in [-0.05, 0) is 68.3 Å². The van der Waals surface area contributed by atoms with Crippen LogP contribution < -0.4 is 31.9 Å². The van der Waals surface area contributed by atoms with Crippen molar-refractivity contribution >= 4 is 17.3 Å². The van der Waals surface area contributed by atoms with Crippen molar-refractivity contribution in [2.45, 2.75) is 58.2 Å². The molecule has 2 fully saturated rings. The lowest BCUT2D eigenvalue weighted by Gasteiger charge is -2.34. The van der Waals surface area contributed by atoms with E-state index < -0.39 is 23.2 Å². The van der Waals surface area contributed by atoms with Crippen molar-refractivity contribution in [3.8, 4) is 0 Å². The van der Waals surface area contributed by atoms with Crippen LogP contribution in [0.25, 0.3) is 0 Å². The van der Waals surface area contributed by atoms with Gasteiger partial charge in [-0.25, -0.2) is 8.78 Å². The van der Waals surface area contributed by atoms with Gasteiger partial charge < -0.3 is 31.3 Å². The summed E-state index contributed by atoms with van der Waals surface area (Å²) in [5.74, 6) is -1.09. The standard InChI is InChI=1S/C33H46F2N6O2/c1-21-14-29(36)28(15-22(21)18-33(2)19-23(34)16-24(35)20-33)31(37-3)40-32(42)27-5-4-26(41-10-8-38-9-11-41)17-30(27)39-25-6-12-43-13-7-25/h4-5,15-17,19,21,25,31,37-39H,6-14,18,20,36H2,1-3H3,(H,40,42). The van der Waals surface area contributed by atoms with Crippen LogP contribution in [-0.4, -0.2) is 64.6 Å². The van der Waals surface area contributed by atoms with E-state index in [2.05, 4.69) is 39.2 Å². The summed E-state index contributed by atoms with van der Waals surface area (Å²) in [6, 6.07) is 6.23. The molecule has 1 aromatic carbocycles. The summed E-state index contributed by atoms with van der Waals surface area (Å²) in [6.07, 6.45) is 6.95. The first-order valence-electron chi connectivity index (χ1n) is 15.5. The number of nitrogens with zero attached hydrogens (tertiary/aromatic N) is 1. The number of nitrogens with two attached hydrogens (primary N) is 1. The number of piperazine rings is 1. The molecule has 3 unspecified atom stereocenters. The third-order valence-corrected chi connectivity index (χ3v) is 9.02. The molecule has 1 amide bonds. The number of amides is 1. The van der Waals surface area contributed by atoms with Crippen molar-refractivity contribution in [2.24, 2.45) is 17.1 Å². The van der Waals surface area contributed by atoms with Gasteiger partial charge in [0.1, 0.15) is 17.8 Å². The quantitative estimate of drug-likeness (QED) is 0.265. The number of nitrogens with one attached hydrogen (secondary N) is 4. The van der Waals surface area contributed by atoms with Gasteiger partial charge in [-0.1, -0.05) is 25.5 Å². The molecule has 2 aliphatic carbocycles. The first-order valence-corrected chi connectivity index (χ1v) is 15.5. The summed E-state index contributed by atoms with van der Waals surface area (Å²) in [5.41, 5.74) is 10.9. The first kappa shape index (κ1) is 31.2. The number of hydrogen-bond donors (Lipinski definition) is 5. The van der Waals surface area contributed by atoms with E-state index in [0.29, 0.717) is 37.3 Å². The van der Waals surface area contributed by atoms with Crippen molar-refractivity contribution in [1.82, 2.24) is 16.0 Å². The largest absolute Gasteiger partial charge is 0.402 e. The maximum atomic E-state index is 14.2. The first-order chi connectivity index (χ1) is 20.6. The minimum absolute atomic E-state index is 0.118. The highest BCUT2D eigenvalue weighted by atomic mass is 19.1. The lowest BCUT2D eigenvalue weighted by atomic mass is 9.73. The Kier molecular flexibility index (Phi) is 9.88. The molecule has 0 saturated carbocycles. The minimum atomic E-state index is -0.671. The zero-order valence-electron chi connectivity index (χ0n) is 25.6. The summed E-state index contributed by atoms with van der Waals surface area (Å²) in [4.78, 5) is 16.2. The molecule has 8 nitrogen and oxygen atoms in total. The molecule has 2 saturated heterocycles. The second-order valence-electron chi connectivity index (χ2n) is 12.6.